The first kappa shape index (κ1) is 19.9. The van der Waals surface area contributed by atoms with Gasteiger partial charge in [-0.3, -0.25) is 4.79 Å². The molecule has 1 fully saturated rings. The molecule has 0 radical (unpaired) electrons. The van der Waals surface area contributed by atoms with E-state index in [2.05, 4.69) is 20.8 Å². The van der Waals surface area contributed by atoms with Crippen molar-refractivity contribution in [2.75, 3.05) is 29.6 Å². The fraction of sp³-hybridized carbons (Fsp3) is 0.526. The van der Waals surface area contributed by atoms with Gasteiger partial charge in [-0.2, -0.15) is 0 Å². The number of rotatable bonds is 7. The van der Waals surface area contributed by atoms with Gasteiger partial charge < -0.3 is 15.5 Å². The summed E-state index contributed by atoms with van der Waals surface area (Å²) in [6, 6.07) is 8.32. The van der Waals surface area contributed by atoms with Gasteiger partial charge in [0, 0.05) is 31.5 Å². The summed E-state index contributed by atoms with van der Waals surface area (Å²) in [5.74, 6) is -0.0328. The van der Waals surface area contributed by atoms with Crippen LogP contribution >= 0.6 is 23.1 Å². The van der Waals surface area contributed by atoms with Gasteiger partial charge in [0.1, 0.15) is 0 Å². The first-order chi connectivity index (χ1) is 13.0. The first-order valence-electron chi connectivity index (χ1n) is 9.36. The molecule has 1 aliphatic rings. The highest BCUT2D eigenvalue weighted by atomic mass is 32.2. The highest BCUT2D eigenvalue weighted by molar-refractivity contribution is 8.02. The Balaban J connectivity index is 1.50. The summed E-state index contributed by atoms with van der Waals surface area (Å²) in [5, 5.41) is 15.5. The number of carbonyl (C=O) groups excluding carboxylic acids is 1. The monoisotopic (exact) mass is 405 g/mol. The molecule has 1 amide bonds. The van der Waals surface area contributed by atoms with Crippen LogP contribution in [0, 0.1) is 0 Å². The molecule has 27 heavy (non-hydrogen) atoms. The number of thioether (sulfide) groups is 1. The molecule has 0 saturated heterocycles. The van der Waals surface area contributed by atoms with E-state index < -0.39 is 0 Å². The van der Waals surface area contributed by atoms with Crippen molar-refractivity contribution in [2.45, 2.75) is 54.7 Å². The second-order valence-corrected chi connectivity index (χ2v) is 9.61. The van der Waals surface area contributed by atoms with Crippen LogP contribution in [0.2, 0.25) is 0 Å². The average Bonchev–Trinajstić information content (AvgIpc) is 3.09. The number of carbonyl (C=O) groups is 1. The normalized spacial score (nSPS) is 16.0. The molecule has 0 spiro atoms. The zero-order chi connectivity index (χ0) is 19.2. The number of aromatic nitrogens is 2. The average molecular weight is 406 g/mol. The molecule has 0 bridgehead atoms. The minimum absolute atomic E-state index is 0.0328. The molecule has 1 aromatic carbocycles. The molecule has 1 aromatic heterocycles. The summed E-state index contributed by atoms with van der Waals surface area (Å²) < 4.78 is 0.818. The van der Waals surface area contributed by atoms with Crippen LogP contribution in [-0.4, -0.2) is 41.5 Å². The molecular weight excluding hydrogens is 378 g/mol. The highest BCUT2D eigenvalue weighted by Gasteiger charge is 2.19. The van der Waals surface area contributed by atoms with Crippen molar-refractivity contribution < 1.29 is 4.79 Å². The van der Waals surface area contributed by atoms with Gasteiger partial charge in [0.15, 0.2) is 4.34 Å². The fourth-order valence-electron chi connectivity index (χ4n) is 3.03. The maximum Gasteiger partial charge on any atom is 0.237 e. The lowest BCUT2D eigenvalue weighted by molar-refractivity contribution is -0.115. The van der Waals surface area contributed by atoms with E-state index in [0.29, 0.717) is 6.04 Å². The summed E-state index contributed by atoms with van der Waals surface area (Å²) in [7, 11) is 3.98. The number of nitrogens with zero attached hydrogens (tertiary/aromatic N) is 3. The van der Waals surface area contributed by atoms with Crippen LogP contribution in [0.1, 0.15) is 39.0 Å². The Labute approximate surface area is 169 Å². The third-order valence-electron chi connectivity index (χ3n) is 4.64. The number of anilines is 3. The largest absolute Gasteiger partial charge is 0.378 e. The lowest BCUT2D eigenvalue weighted by Gasteiger charge is -2.21. The predicted molar refractivity (Wildman–Crippen MR) is 115 cm³/mol. The molecule has 8 heteroatoms. The molecule has 2 N–H and O–H groups in total. The summed E-state index contributed by atoms with van der Waals surface area (Å²) in [6.45, 7) is 1.89. The van der Waals surface area contributed by atoms with E-state index in [-0.39, 0.29) is 11.2 Å². The van der Waals surface area contributed by atoms with Gasteiger partial charge in [0.05, 0.1) is 5.25 Å². The lowest BCUT2D eigenvalue weighted by atomic mass is 9.96. The van der Waals surface area contributed by atoms with Crippen LogP contribution in [0.15, 0.2) is 28.6 Å². The zero-order valence-corrected chi connectivity index (χ0v) is 17.7. The minimum Gasteiger partial charge on any atom is -0.378 e. The molecule has 1 aliphatic carbocycles. The number of hydrogen-bond acceptors (Lipinski definition) is 7. The standard InChI is InChI=1S/C19H27N5OS2/c1-13(17(25)20-15-9-11-16(12-10-15)24(2)3)26-19-23-22-18(27-19)21-14-7-5-4-6-8-14/h9-14H,4-8H2,1-3H3,(H,20,25)(H,21,22). The minimum atomic E-state index is -0.242. The Kier molecular flexibility index (Phi) is 6.95. The van der Waals surface area contributed by atoms with E-state index in [1.807, 2.05) is 50.2 Å². The number of hydrogen-bond donors (Lipinski definition) is 2. The van der Waals surface area contributed by atoms with Crippen molar-refractivity contribution in [2.24, 2.45) is 0 Å². The Morgan fingerprint density at radius 3 is 2.56 bits per heavy atom. The van der Waals surface area contributed by atoms with E-state index in [9.17, 15) is 4.79 Å². The molecular formula is C19H27N5OS2. The lowest BCUT2D eigenvalue weighted by Crippen LogP contribution is -2.22. The van der Waals surface area contributed by atoms with E-state index in [4.69, 9.17) is 0 Å². The van der Waals surface area contributed by atoms with Crippen LogP contribution in [-0.2, 0) is 4.79 Å². The zero-order valence-electron chi connectivity index (χ0n) is 16.1. The van der Waals surface area contributed by atoms with Crippen molar-refractivity contribution in [3.63, 3.8) is 0 Å². The van der Waals surface area contributed by atoms with Crippen molar-refractivity contribution >= 4 is 45.5 Å². The number of nitrogens with one attached hydrogen (secondary N) is 2. The van der Waals surface area contributed by atoms with E-state index in [0.717, 1.165) is 20.8 Å². The molecule has 6 nitrogen and oxygen atoms in total. The number of amides is 1. The van der Waals surface area contributed by atoms with Crippen LogP contribution in [0.3, 0.4) is 0 Å². The van der Waals surface area contributed by atoms with Crippen molar-refractivity contribution in [3.8, 4) is 0 Å². The van der Waals surface area contributed by atoms with Crippen LogP contribution in [0.5, 0.6) is 0 Å². The molecule has 1 atom stereocenters. The molecule has 2 aromatic rings. The molecule has 1 unspecified atom stereocenters. The van der Waals surface area contributed by atoms with Crippen molar-refractivity contribution in [3.05, 3.63) is 24.3 Å². The smallest absolute Gasteiger partial charge is 0.237 e. The predicted octanol–water partition coefficient (Wildman–Crippen LogP) is 4.47. The summed E-state index contributed by atoms with van der Waals surface area (Å²) >= 11 is 2.97. The Morgan fingerprint density at radius 1 is 1.19 bits per heavy atom. The van der Waals surface area contributed by atoms with E-state index in [1.165, 1.54) is 55.2 Å². The quantitative estimate of drug-likeness (QED) is 0.663. The van der Waals surface area contributed by atoms with Gasteiger partial charge in [-0.25, -0.2) is 0 Å². The van der Waals surface area contributed by atoms with E-state index in [1.54, 1.807) is 0 Å². The van der Waals surface area contributed by atoms with Gasteiger partial charge >= 0.3 is 0 Å². The van der Waals surface area contributed by atoms with Crippen molar-refractivity contribution in [1.82, 2.24) is 10.2 Å². The molecule has 146 valence electrons. The van der Waals surface area contributed by atoms with Crippen LogP contribution in [0.4, 0.5) is 16.5 Å². The topological polar surface area (TPSA) is 70.1 Å². The maximum atomic E-state index is 12.5. The molecule has 1 saturated carbocycles. The van der Waals surface area contributed by atoms with Gasteiger partial charge in [-0.1, -0.05) is 42.4 Å². The van der Waals surface area contributed by atoms with Crippen LogP contribution in [0.25, 0.3) is 0 Å². The summed E-state index contributed by atoms with van der Waals surface area (Å²) in [4.78, 5) is 14.5. The van der Waals surface area contributed by atoms with Gasteiger partial charge in [-0.05, 0) is 44.0 Å². The Hall–Kier alpha value is -1.80. The molecule has 0 aliphatic heterocycles. The maximum absolute atomic E-state index is 12.5. The Morgan fingerprint density at radius 2 is 1.89 bits per heavy atom. The molecule has 1 heterocycles. The second kappa shape index (κ2) is 9.41. The van der Waals surface area contributed by atoms with Gasteiger partial charge in [0.2, 0.25) is 11.0 Å². The van der Waals surface area contributed by atoms with Gasteiger partial charge in [-0.15, -0.1) is 10.2 Å². The van der Waals surface area contributed by atoms with Crippen LogP contribution < -0.4 is 15.5 Å². The van der Waals surface area contributed by atoms with Crippen molar-refractivity contribution in [1.29, 1.82) is 0 Å². The third-order valence-corrected chi connectivity index (χ3v) is 6.68. The Bertz CT molecular complexity index is 741. The number of benzene rings is 1. The third kappa shape index (κ3) is 5.84. The highest BCUT2D eigenvalue weighted by Crippen LogP contribution is 2.31. The van der Waals surface area contributed by atoms with E-state index >= 15 is 0 Å². The SMILES string of the molecule is CC(Sc1nnc(NC2CCCCC2)s1)C(=O)Nc1ccc(N(C)C)cc1. The molecule has 3 rings (SSSR count). The van der Waals surface area contributed by atoms with Gasteiger partial charge in [0.25, 0.3) is 0 Å². The fourth-order valence-corrected chi connectivity index (χ4v) is 5.00. The second-order valence-electron chi connectivity index (χ2n) is 7.04. The first-order valence-corrected chi connectivity index (χ1v) is 11.1. The summed E-state index contributed by atoms with van der Waals surface area (Å²) in [5.41, 5.74) is 1.90. The summed E-state index contributed by atoms with van der Waals surface area (Å²) in [6.07, 6.45) is 6.30.